The molecular formula is C60H58N2. The quantitative estimate of drug-likeness (QED) is 0.156. The third-order valence-electron chi connectivity index (χ3n) is 13.5. The normalized spacial score (nSPS) is 13.9. The monoisotopic (exact) mass is 806 g/mol. The van der Waals surface area contributed by atoms with E-state index in [-0.39, 0.29) is 10.8 Å². The van der Waals surface area contributed by atoms with Gasteiger partial charge in [-0.05, 0) is 111 Å². The molecule has 8 aromatic carbocycles. The van der Waals surface area contributed by atoms with Gasteiger partial charge in [-0.25, -0.2) is 0 Å². The highest BCUT2D eigenvalue weighted by Crippen LogP contribution is 2.51. The summed E-state index contributed by atoms with van der Waals surface area (Å²) in [4.78, 5) is 2.59. The molecule has 1 aromatic heterocycles. The molecule has 2 nitrogen and oxygen atoms in total. The minimum absolute atomic E-state index is 0.0213. The molecule has 2 heteroatoms. The van der Waals surface area contributed by atoms with Crippen LogP contribution >= 0.6 is 0 Å². The maximum Gasteiger partial charge on any atom is 0.0562 e. The summed E-state index contributed by atoms with van der Waals surface area (Å²) in [6.45, 7) is 14.0. The van der Waals surface area contributed by atoms with Gasteiger partial charge in [-0.1, -0.05) is 194 Å². The number of para-hydroxylation sites is 4. The molecule has 0 radical (unpaired) electrons. The molecule has 0 spiro atoms. The maximum atomic E-state index is 2.59. The second-order valence-electron chi connectivity index (χ2n) is 19.6. The van der Waals surface area contributed by atoms with Gasteiger partial charge in [0, 0.05) is 27.6 Å². The summed E-state index contributed by atoms with van der Waals surface area (Å²) < 4.78 is 2.44. The van der Waals surface area contributed by atoms with Crippen LogP contribution in [0.15, 0.2) is 176 Å². The van der Waals surface area contributed by atoms with Crippen molar-refractivity contribution in [2.75, 3.05) is 4.90 Å². The Balaban J connectivity index is 1.31. The van der Waals surface area contributed by atoms with E-state index in [4.69, 9.17) is 0 Å². The SMILES string of the molecule is CC(C)(C)c1cc(-c2ccccc2N(c2ccccc2-c2cccc3cccc(C4CCCCC4)c23)c2cccc3c2c2ccccc2n3-c2ccccc2)cc(C(C)(C)C)c1. The van der Waals surface area contributed by atoms with Gasteiger partial charge in [0.15, 0.2) is 0 Å². The molecule has 0 N–H and O–H groups in total. The third-order valence-corrected chi connectivity index (χ3v) is 13.5. The van der Waals surface area contributed by atoms with Crippen LogP contribution in [0, 0.1) is 0 Å². The molecule has 0 unspecified atom stereocenters. The second-order valence-corrected chi connectivity index (χ2v) is 19.6. The van der Waals surface area contributed by atoms with Crippen molar-refractivity contribution in [1.29, 1.82) is 0 Å². The second kappa shape index (κ2) is 15.8. The Morgan fingerprint density at radius 2 is 1.00 bits per heavy atom. The maximum absolute atomic E-state index is 2.59. The number of aromatic nitrogens is 1. The molecule has 308 valence electrons. The van der Waals surface area contributed by atoms with E-state index in [2.05, 4.69) is 227 Å². The third kappa shape index (κ3) is 7.10. The van der Waals surface area contributed by atoms with Gasteiger partial charge in [0.2, 0.25) is 0 Å². The zero-order chi connectivity index (χ0) is 42.6. The van der Waals surface area contributed by atoms with Gasteiger partial charge in [-0.15, -0.1) is 0 Å². The van der Waals surface area contributed by atoms with Gasteiger partial charge in [-0.3, -0.25) is 0 Å². The van der Waals surface area contributed by atoms with Crippen LogP contribution < -0.4 is 4.90 Å². The molecule has 62 heavy (non-hydrogen) atoms. The summed E-state index contributed by atoms with van der Waals surface area (Å²) in [6, 6.07) is 66.3. The topological polar surface area (TPSA) is 8.17 Å². The molecule has 0 aliphatic heterocycles. The number of fused-ring (bicyclic) bond motifs is 4. The van der Waals surface area contributed by atoms with E-state index in [0.717, 1.165) is 22.7 Å². The van der Waals surface area contributed by atoms with Crippen LogP contribution in [0.25, 0.3) is 60.5 Å². The molecule has 1 heterocycles. The van der Waals surface area contributed by atoms with Crippen molar-refractivity contribution in [2.45, 2.75) is 90.4 Å². The zero-order valence-electron chi connectivity index (χ0n) is 37.3. The van der Waals surface area contributed by atoms with Crippen molar-refractivity contribution >= 4 is 49.6 Å². The first kappa shape index (κ1) is 39.7. The van der Waals surface area contributed by atoms with Crippen LogP contribution in [0.2, 0.25) is 0 Å². The average Bonchev–Trinajstić information content (AvgIpc) is 3.64. The van der Waals surface area contributed by atoms with Crippen LogP contribution in [0.3, 0.4) is 0 Å². The number of hydrogen-bond acceptors (Lipinski definition) is 1. The van der Waals surface area contributed by atoms with E-state index < -0.39 is 0 Å². The van der Waals surface area contributed by atoms with Gasteiger partial charge >= 0.3 is 0 Å². The van der Waals surface area contributed by atoms with Crippen LogP contribution in [0.5, 0.6) is 0 Å². The average molecular weight is 807 g/mol. The van der Waals surface area contributed by atoms with Gasteiger partial charge in [0.05, 0.1) is 28.1 Å². The van der Waals surface area contributed by atoms with Crippen LogP contribution in [0.4, 0.5) is 17.1 Å². The van der Waals surface area contributed by atoms with Gasteiger partial charge < -0.3 is 9.47 Å². The van der Waals surface area contributed by atoms with Crippen LogP contribution in [-0.4, -0.2) is 4.57 Å². The molecule has 1 saturated carbocycles. The summed E-state index contributed by atoms with van der Waals surface area (Å²) in [7, 11) is 0. The molecule has 9 aromatic rings. The zero-order valence-corrected chi connectivity index (χ0v) is 37.3. The Bertz CT molecular complexity index is 3040. The molecular weight excluding hydrogens is 749 g/mol. The van der Waals surface area contributed by atoms with Crippen molar-refractivity contribution in [2.24, 2.45) is 0 Å². The van der Waals surface area contributed by atoms with Crippen LogP contribution in [-0.2, 0) is 10.8 Å². The summed E-state index contributed by atoms with van der Waals surface area (Å²) in [5.41, 5.74) is 16.1. The Kier molecular flexibility index (Phi) is 10.1. The lowest BCUT2D eigenvalue weighted by Gasteiger charge is -2.32. The molecule has 1 aliphatic carbocycles. The van der Waals surface area contributed by atoms with Crippen LogP contribution in [0.1, 0.15) is 96.3 Å². The number of hydrogen-bond donors (Lipinski definition) is 0. The Morgan fingerprint density at radius 1 is 0.452 bits per heavy atom. The molecule has 0 bridgehead atoms. The summed E-state index contributed by atoms with van der Waals surface area (Å²) in [5.74, 6) is 0.572. The fourth-order valence-corrected chi connectivity index (χ4v) is 10.2. The highest BCUT2D eigenvalue weighted by atomic mass is 15.2. The van der Waals surface area contributed by atoms with E-state index in [1.165, 1.54) is 104 Å². The lowest BCUT2D eigenvalue weighted by atomic mass is 9.78. The first-order chi connectivity index (χ1) is 30.1. The Labute approximate surface area is 368 Å². The standard InChI is InChI=1S/C60H58N2/c1-59(2,3)44-38-43(39-45(40-44)60(4,5)6)47-28-13-16-33-52(47)62(56-37-21-36-55-58(56)51-30-15-18-35-54(51)61(55)46-26-11-8-12-27-46)53-34-17-14-29-49(53)50-32-20-25-42-24-19-31-48(57(42)50)41-22-9-7-10-23-41/h8,11-21,24-41H,7,9-10,22-23H2,1-6H3. The summed E-state index contributed by atoms with van der Waals surface area (Å²) in [6.07, 6.45) is 6.46. The lowest BCUT2D eigenvalue weighted by molar-refractivity contribution is 0.445. The minimum Gasteiger partial charge on any atom is -0.309 e. The van der Waals surface area contributed by atoms with Crippen molar-refractivity contribution in [1.82, 2.24) is 4.57 Å². The van der Waals surface area contributed by atoms with E-state index in [1.807, 2.05) is 0 Å². The molecule has 0 saturated heterocycles. The summed E-state index contributed by atoms with van der Waals surface area (Å²) in [5, 5.41) is 5.18. The predicted molar refractivity (Wildman–Crippen MR) is 267 cm³/mol. The Hall–Kier alpha value is -6.38. The summed E-state index contributed by atoms with van der Waals surface area (Å²) >= 11 is 0. The van der Waals surface area contributed by atoms with E-state index in [0.29, 0.717) is 5.92 Å². The van der Waals surface area contributed by atoms with Gasteiger partial charge in [-0.2, -0.15) is 0 Å². The smallest absolute Gasteiger partial charge is 0.0562 e. The van der Waals surface area contributed by atoms with E-state index in [1.54, 1.807) is 0 Å². The molecule has 1 fully saturated rings. The van der Waals surface area contributed by atoms with Gasteiger partial charge in [0.1, 0.15) is 0 Å². The molecule has 0 amide bonds. The fourth-order valence-electron chi connectivity index (χ4n) is 10.2. The van der Waals surface area contributed by atoms with Crippen molar-refractivity contribution in [3.8, 4) is 27.9 Å². The molecule has 1 aliphatic rings. The first-order valence-electron chi connectivity index (χ1n) is 22.8. The van der Waals surface area contributed by atoms with Crippen molar-refractivity contribution < 1.29 is 0 Å². The predicted octanol–water partition coefficient (Wildman–Crippen LogP) is 17.4. The molecule has 10 rings (SSSR count). The number of benzene rings is 8. The Morgan fingerprint density at radius 3 is 1.71 bits per heavy atom. The van der Waals surface area contributed by atoms with Crippen molar-refractivity contribution in [3.63, 3.8) is 0 Å². The number of anilines is 3. The lowest BCUT2D eigenvalue weighted by Crippen LogP contribution is -2.17. The van der Waals surface area contributed by atoms with E-state index >= 15 is 0 Å². The largest absolute Gasteiger partial charge is 0.309 e. The van der Waals surface area contributed by atoms with E-state index in [9.17, 15) is 0 Å². The fraction of sp³-hybridized carbons (Fsp3) is 0.233. The number of rotatable bonds is 7. The molecule has 0 atom stereocenters. The minimum atomic E-state index is -0.0213. The van der Waals surface area contributed by atoms with Gasteiger partial charge in [0.25, 0.3) is 0 Å². The van der Waals surface area contributed by atoms with Crippen molar-refractivity contribution in [3.05, 3.63) is 193 Å². The first-order valence-corrected chi connectivity index (χ1v) is 22.8. The highest BCUT2D eigenvalue weighted by Gasteiger charge is 2.28. The number of nitrogens with zero attached hydrogens (tertiary/aromatic N) is 2. The highest BCUT2D eigenvalue weighted by molar-refractivity contribution is 6.17.